The Morgan fingerprint density at radius 1 is 1.32 bits per heavy atom. The second kappa shape index (κ2) is 9.06. The molecule has 14 heteroatoms. The highest BCUT2D eigenvalue weighted by atomic mass is 35.5. The number of rotatable bonds is 5. The first-order valence-corrected chi connectivity index (χ1v) is 9.43. The smallest absolute Gasteiger partial charge is 0.403 e. The summed E-state index contributed by atoms with van der Waals surface area (Å²) in [7, 11) is 2.75. The summed E-state index contributed by atoms with van der Waals surface area (Å²) in [4.78, 5) is 26.5. The lowest BCUT2D eigenvalue weighted by atomic mass is 9.98. The van der Waals surface area contributed by atoms with Crippen molar-refractivity contribution in [2.45, 2.75) is 19.2 Å². The van der Waals surface area contributed by atoms with Gasteiger partial charge in [0.25, 0.3) is 5.91 Å². The molecule has 2 aromatic rings. The number of alkyl halides is 3. The fourth-order valence-corrected chi connectivity index (χ4v) is 3.44. The van der Waals surface area contributed by atoms with Gasteiger partial charge in [-0.05, 0) is 35.4 Å². The van der Waals surface area contributed by atoms with Gasteiger partial charge in [0, 0.05) is 33.2 Å². The van der Waals surface area contributed by atoms with Crippen molar-refractivity contribution in [2.24, 2.45) is 13.0 Å². The van der Waals surface area contributed by atoms with Crippen LogP contribution in [0.25, 0.3) is 0 Å². The van der Waals surface area contributed by atoms with Crippen molar-refractivity contribution < 1.29 is 32.2 Å². The lowest BCUT2D eigenvalue weighted by Gasteiger charge is -2.29. The average Bonchev–Trinajstić information content (AvgIpc) is 3.11. The van der Waals surface area contributed by atoms with Gasteiger partial charge in [-0.1, -0.05) is 16.7 Å². The number of tetrazole rings is 1. The van der Waals surface area contributed by atoms with E-state index in [-0.39, 0.29) is 17.2 Å². The van der Waals surface area contributed by atoms with E-state index in [9.17, 15) is 22.8 Å². The normalized spacial score (nSPS) is 14.9. The van der Waals surface area contributed by atoms with E-state index in [2.05, 4.69) is 25.6 Å². The number of benzene rings is 1. The highest BCUT2D eigenvalue weighted by Crippen LogP contribution is 2.41. The van der Waals surface area contributed by atoms with Gasteiger partial charge in [0.15, 0.2) is 5.75 Å². The van der Waals surface area contributed by atoms with Crippen LogP contribution in [-0.2, 0) is 16.6 Å². The van der Waals surface area contributed by atoms with E-state index >= 15 is 0 Å². The number of nitrogens with zero attached hydrogens (tertiary/aromatic N) is 5. The van der Waals surface area contributed by atoms with Gasteiger partial charge in [-0.3, -0.25) is 14.9 Å². The van der Waals surface area contributed by atoms with Crippen LogP contribution < -0.4 is 15.0 Å². The quantitative estimate of drug-likeness (QED) is 0.726. The Bertz CT molecular complexity index is 977. The molecule has 2 amide bonds. The number of ether oxygens (including phenoxy) is 2. The minimum absolute atomic E-state index is 0.00938. The largest absolute Gasteiger partial charge is 0.573 e. The molecule has 0 bridgehead atoms. The van der Waals surface area contributed by atoms with E-state index in [4.69, 9.17) is 16.3 Å². The molecular formula is C17H18ClF3N6O4. The van der Waals surface area contributed by atoms with Gasteiger partial charge in [-0.2, -0.15) is 0 Å². The topological polar surface area (TPSA) is 111 Å². The number of aromatic nitrogens is 4. The van der Waals surface area contributed by atoms with Crippen molar-refractivity contribution in [3.05, 3.63) is 22.7 Å². The zero-order chi connectivity index (χ0) is 22.8. The number of carbonyl (C=O) groups is 2. The van der Waals surface area contributed by atoms with Gasteiger partial charge in [-0.15, -0.1) is 13.2 Å². The lowest BCUT2D eigenvalue weighted by Crippen LogP contribution is -2.36. The second-order valence-electron chi connectivity index (χ2n) is 6.69. The summed E-state index contributed by atoms with van der Waals surface area (Å²) in [6, 6.07) is 1.98. The predicted octanol–water partition coefficient (Wildman–Crippen LogP) is 2.40. The molecule has 1 aromatic heterocycles. The molecule has 1 aromatic carbocycles. The molecule has 1 aliphatic rings. The first-order valence-electron chi connectivity index (χ1n) is 9.05. The van der Waals surface area contributed by atoms with Crippen molar-refractivity contribution in [2.75, 3.05) is 30.5 Å². The van der Waals surface area contributed by atoms with E-state index < -0.39 is 34.9 Å². The van der Waals surface area contributed by atoms with Gasteiger partial charge in [0.2, 0.25) is 11.9 Å². The molecule has 2 heterocycles. The van der Waals surface area contributed by atoms with Gasteiger partial charge >= 0.3 is 6.36 Å². The molecule has 0 radical (unpaired) electrons. The van der Waals surface area contributed by atoms with Crippen LogP contribution in [-0.4, -0.2) is 58.6 Å². The third-order valence-corrected chi connectivity index (χ3v) is 5.01. The number of halogens is 4. The molecule has 0 atom stereocenters. The molecule has 31 heavy (non-hydrogen) atoms. The molecule has 1 fully saturated rings. The first-order chi connectivity index (χ1) is 14.6. The standard InChI is InChI=1S/C17H18ClF3N6O4/c1-26(15(29)9-5-7-30-8-6-9)13-11(31-17(19,20)21)4-3-10(12(13)18)14(28)22-16-23-24-25-27(16)2/h3-4,9H,5-8H2,1-2H3,(H,22,23,25,28). The number of carbonyl (C=O) groups excluding carboxylic acids is 2. The van der Waals surface area contributed by atoms with Crippen LogP contribution in [0.4, 0.5) is 24.8 Å². The van der Waals surface area contributed by atoms with Crippen LogP contribution in [0.2, 0.25) is 5.02 Å². The summed E-state index contributed by atoms with van der Waals surface area (Å²) in [6.45, 7) is 0.718. The number of anilines is 2. The predicted molar refractivity (Wildman–Crippen MR) is 102 cm³/mol. The van der Waals surface area contributed by atoms with Crippen LogP contribution in [0, 0.1) is 5.92 Å². The zero-order valence-electron chi connectivity index (χ0n) is 16.4. The summed E-state index contributed by atoms with van der Waals surface area (Å²) >= 11 is 6.31. The van der Waals surface area contributed by atoms with E-state index in [0.29, 0.717) is 26.1 Å². The van der Waals surface area contributed by atoms with E-state index in [1.807, 2.05) is 0 Å². The van der Waals surface area contributed by atoms with Crippen molar-refractivity contribution in [3.8, 4) is 5.75 Å². The fraction of sp³-hybridized carbons (Fsp3) is 0.471. The number of amides is 2. The van der Waals surface area contributed by atoms with Gasteiger partial charge in [0.1, 0.15) is 5.69 Å². The van der Waals surface area contributed by atoms with Gasteiger partial charge in [-0.25, -0.2) is 4.68 Å². The fourth-order valence-electron chi connectivity index (χ4n) is 3.07. The molecule has 168 valence electrons. The zero-order valence-corrected chi connectivity index (χ0v) is 17.2. The maximum absolute atomic E-state index is 12.9. The molecule has 1 N–H and O–H groups in total. The molecule has 0 unspecified atom stereocenters. The number of hydrogen-bond acceptors (Lipinski definition) is 7. The summed E-state index contributed by atoms with van der Waals surface area (Å²) in [5.74, 6) is -2.43. The number of nitrogens with one attached hydrogen (secondary N) is 1. The molecule has 0 saturated carbocycles. The Balaban J connectivity index is 1.98. The Hall–Kier alpha value is -2.93. The summed E-state index contributed by atoms with van der Waals surface area (Å²) in [6.07, 6.45) is -4.21. The highest BCUT2D eigenvalue weighted by molar-refractivity contribution is 6.38. The molecule has 3 rings (SSSR count). The van der Waals surface area contributed by atoms with Crippen molar-refractivity contribution in [3.63, 3.8) is 0 Å². The minimum Gasteiger partial charge on any atom is -0.403 e. The van der Waals surface area contributed by atoms with E-state index in [0.717, 1.165) is 17.0 Å². The van der Waals surface area contributed by atoms with Crippen LogP contribution >= 0.6 is 11.6 Å². The van der Waals surface area contributed by atoms with Crippen molar-refractivity contribution in [1.29, 1.82) is 0 Å². The van der Waals surface area contributed by atoms with E-state index in [1.165, 1.54) is 18.8 Å². The Morgan fingerprint density at radius 3 is 2.58 bits per heavy atom. The first kappa shape index (κ1) is 22.7. The summed E-state index contributed by atoms with van der Waals surface area (Å²) < 4.78 is 49.3. The van der Waals surface area contributed by atoms with Crippen LogP contribution in [0.1, 0.15) is 23.2 Å². The maximum Gasteiger partial charge on any atom is 0.573 e. The van der Waals surface area contributed by atoms with Gasteiger partial charge in [0.05, 0.1) is 10.6 Å². The molecule has 1 saturated heterocycles. The van der Waals surface area contributed by atoms with Crippen molar-refractivity contribution >= 4 is 35.1 Å². The average molecular weight is 463 g/mol. The maximum atomic E-state index is 12.9. The van der Waals surface area contributed by atoms with Gasteiger partial charge < -0.3 is 14.4 Å². The van der Waals surface area contributed by atoms with Crippen LogP contribution in [0.5, 0.6) is 5.75 Å². The van der Waals surface area contributed by atoms with Crippen LogP contribution in [0.3, 0.4) is 0 Å². The summed E-state index contributed by atoms with van der Waals surface area (Å²) in [5.41, 5.74) is -0.569. The number of aryl methyl sites for hydroxylation is 1. The van der Waals surface area contributed by atoms with Crippen LogP contribution in [0.15, 0.2) is 12.1 Å². The monoisotopic (exact) mass is 462 g/mol. The molecule has 0 spiro atoms. The summed E-state index contributed by atoms with van der Waals surface area (Å²) in [5, 5.41) is 12.5. The molecule has 0 aliphatic carbocycles. The third-order valence-electron chi connectivity index (χ3n) is 4.63. The minimum atomic E-state index is -5.03. The number of hydrogen-bond donors (Lipinski definition) is 1. The Morgan fingerprint density at radius 2 is 2.00 bits per heavy atom. The second-order valence-corrected chi connectivity index (χ2v) is 7.06. The SMILES string of the molecule is CN(C(=O)C1CCOCC1)c1c(OC(F)(F)F)ccc(C(=O)Nc2nnnn2C)c1Cl. The Kier molecular flexibility index (Phi) is 6.65. The molecule has 10 nitrogen and oxygen atoms in total. The molecular weight excluding hydrogens is 445 g/mol. The lowest BCUT2D eigenvalue weighted by molar-refractivity contribution is -0.274. The highest BCUT2D eigenvalue weighted by Gasteiger charge is 2.36. The third kappa shape index (κ3) is 5.22. The van der Waals surface area contributed by atoms with E-state index in [1.54, 1.807) is 0 Å². The Labute approximate surface area is 179 Å². The van der Waals surface area contributed by atoms with Crippen molar-refractivity contribution in [1.82, 2.24) is 20.2 Å². The molecule has 1 aliphatic heterocycles.